The molecule has 1 aliphatic heterocycles. The first-order valence-electron chi connectivity index (χ1n) is 7.99. The van der Waals surface area contributed by atoms with Gasteiger partial charge in [0.05, 0.1) is 18.3 Å². The van der Waals surface area contributed by atoms with Crippen LogP contribution < -0.4 is 10.5 Å². The molecule has 4 nitrogen and oxygen atoms in total. The maximum Gasteiger partial charge on any atom is 0.475 e. The van der Waals surface area contributed by atoms with E-state index >= 15 is 0 Å². The van der Waals surface area contributed by atoms with Crippen LogP contribution in [0.3, 0.4) is 0 Å². The summed E-state index contributed by atoms with van der Waals surface area (Å²) in [4.78, 5) is 0. The van der Waals surface area contributed by atoms with E-state index in [0.29, 0.717) is 0 Å². The van der Waals surface area contributed by atoms with Crippen LogP contribution in [-0.4, -0.2) is 31.4 Å². The summed E-state index contributed by atoms with van der Waals surface area (Å²) in [7, 11) is 1.36. The summed E-state index contributed by atoms with van der Waals surface area (Å²) in [5.74, 6) is 0.791. The van der Waals surface area contributed by atoms with Gasteiger partial charge >= 0.3 is 7.12 Å². The van der Waals surface area contributed by atoms with E-state index in [4.69, 9.17) is 19.8 Å². The van der Waals surface area contributed by atoms with Crippen molar-refractivity contribution in [3.63, 3.8) is 0 Å². The number of aryl methyl sites for hydroxylation is 1. The van der Waals surface area contributed by atoms with Gasteiger partial charge in [-0.2, -0.15) is 0 Å². The molecule has 0 aliphatic carbocycles. The van der Waals surface area contributed by atoms with Crippen molar-refractivity contribution >= 4 is 7.12 Å². The number of rotatable bonds is 6. The Labute approximate surface area is 134 Å². The van der Waals surface area contributed by atoms with Gasteiger partial charge in [0.1, 0.15) is 5.75 Å². The zero-order chi connectivity index (χ0) is 16.4. The third-order valence-corrected chi connectivity index (χ3v) is 4.76. The number of hydrogen-bond acceptors (Lipinski definition) is 4. The number of nitrogens with two attached hydrogens (primary N) is 1. The third kappa shape index (κ3) is 3.83. The molecule has 0 aromatic heterocycles. The number of hydrogen-bond donors (Lipinski definition) is 1. The lowest BCUT2D eigenvalue weighted by atomic mass is 9.76. The van der Waals surface area contributed by atoms with E-state index in [0.717, 1.165) is 25.0 Å². The van der Waals surface area contributed by atoms with Crippen LogP contribution in [0.4, 0.5) is 0 Å². The van der Waals surface area contributed by atoms with Gasteiger partial charge in [-0.25, -0.2) is 0 Å². The van der Waals surface area contributed by atoms with Gasteiger partial charge < -0.3 is 19.8 Å². The summed E-state index contributed by atoms with van der Waals surface area (Å²) in [6.45, 7) is 8.21. The minimum Gasteiger partial charge on any atom is -0.497 e. The molecule has 0 radical (unpaired) electrons. The molecule has 22 heavy (non-hydrogen) atoms. The lowest BCUT2D eigenvalue weighted by molar-refractivity contribution is 0.00578. The lowest BCUT2D eigenvalue weighted by Gasteiger charge is -2.32. The number of benzene rings is 1. The first-order chi connectivity index (χ1) is 10.2. The van der Waals surface area contributed by atoms with E-state index < -0.39 is 0 Å². The zero-order valence-electron chi connectivity index (χ0n) is 14.4. The predicted molar refractivity (Wildman–Crippen MR) is 90.0 cm³/mol. The van der Waals surface area contributed by atoms with E-state index in [1.165, 1.54) is 5.56 Å². The van der Waals surface area contributed by atoms with Gasteiger partial charge in [-0.15, -0.1) is 0 Å². The zero-order valence-corrected chi connectivity index (χ0v) is 14.4. The second kappa shape index (κ2) is 6.61. The van der Waals surface area contributed by atoms with Crippen LogP contribution in [0.2, 0.25) is 0 Å². The summed E-state index contributed by atoms with van der Waals surface area (Å²) in [5.41, 5.74) is 6.90. The highest BCUT2D eigenvalue weighted by Crippen LogP contribution is 2.37. The second-order valence-corrected chi connectivity index (χ2v) is 7.03. The van der Waals surface area contributed by atoms with Crippen molar-refractivity contribution < 1.29 is 14.0 Å². The van der Waals surface area contributed by atoms with E-state index in [2.05, 4.69) is 39.8 Å². The Morgan fingerprint density at radius 1 is 1.18 bits per heavy atom. The molecule has 1 aromatic rings. The maximum absolute atomic E-state index is 6.27. The molecule has 0 saturated carbocycles. The average molecular weight is 305 g/mol. The minimum atomic E-state index is -0.324. The Morgan fingerprint density at radius 3 is 2.41 bits per heavy atom. The minimum absolute atomic E-state index is 0.105. The fourth-order valence-electron chi connectivity index (χ4n) is 2.57. The summed E-state index contributed by atoms with van der Waals surface area (Å²) < 4.78 is 17.2. The Hall–Kier alpha value is -1.04. The summed E-state index contributed by atoms with van der Waals surface area (Å²) in [6.07, 6.45) is 2.84. The highest BCUT2D eigenvalue weighted by Gasteiger charge is 2.52. The van der Waals surface area contributed by atoms with Gasteiger partial charge in [0.25, 0.3) is 0 Å². The average Bonchev–Trinajstić information content (AvgIpc) is 2.68. The monoisotopic (exact) mass is 305 g/mol. The first kappa shape index (κ1) is 17.3. The molecular weight excluding hydrogens is 277 g/mol. The first-order valence-corrected chi connectivity index (χ1v) is 7.99. The highest BCUT2D eigenvalue weighted by atomic mass is 16.7. The van der Waals surface area contributed by atoms with Crippen molar-refractivity contribution in [1.29, 1.82) is 0 Å². The number of methoxy groups -OCH3 is 1. The molecule has 2 rings (SSSR count). The van der Waals surface area contributed by atoms with Gasteiger partial charge in [-0.1, -0.05) is 12.1 Å². The predicted octanol–water partition coefficient (Wildman–Crippen LogP) is 2.98. The van der Waals surface area contributed by atoms with Crippen LogP contribution >= 0.6 is 0 Å². The second-order valence-electron chi connectivity index (χ2n) is 7.03. The molecule has 122 valence electrons. The van der Waals surface area contributed by atoms with Crippen LogP contribution in [0.25, 0.3) is 0 Å². The Balaban J connectivity index is 1.82. The molecule has 0 unspecified atom stereocenters. The molecule has 1 fully saturated rings. The van der Waals surface area contributed by atoms with Gasteiger partial charge in [-0.05, 0) is 64.7 Å². The molecule has 1 saturated heterocycles. The molecule has 2 N–H and O–H groups in total. The van der Waals surface area contributed by atoms with Crippen molar-refractivity contribution in [3.05, 3.63) is 29.8 Å². The van der Waals surface area contributed by atoms with Crippen molar-refractivity contribution in [2.24, 2.45) is 5.73 Å². The van der Waals surface area contributed by atoms with Gasteiger partial charge in [0, 0.05) is 5.94 Å². The molecule has 1 heterocycles. The van der Waals surface area contributed by atoms with Crippen LogP contribution in [0.1, 0.15) is 46.1 Å². The Bertz CT molecular complexity index is 488. The van der Waals surface area contributed by atoms with Crippen molar-refractivity contribution in [2.75, 3.05) is 7.11 Å². The maximum atomic E-state index is 6.27. The molecule has 1 aliphatic rings. The standard InChI is InChI=1S/C17H28BNO3/c1-16(2)17(3,4)22-18(21-16)15(19)11-7-9-13-8-6-10-14(12-13)20-5/h6,8,10,12,15H,7,9,11,19H2,1-5H3/t15-/m0/s1. The molecule has 0 spiro atoms. The SMILES string of the molecule is COc1cccc(CCC[C@H](N)B2OC(C)(C)C(C)(C)O2)c1. The molecule has 0 bridgehead atoms. The normalized spacial score (nSPS) is 20.9. The largest absolute Gasteiger partial charge is 0.497 e. The molecule has 0 amide bonds. The van der Waals surface area contributed by atoms with Crippen molar-refractivity contribution in [2.45, 2.75) is 64.1 Å². The van der Waals surface area contributed by atoms with Crippen LogP contribution in [0, 0.1) is 0 Å². The summed E-state index contributed by atoms with van der Waals surface area (Å²) >= 11 is 0. The molecule has 1 aromatic carbocycles. The summed E-state index contributed by atoms with van der Waals surface area (Å²) in [6, 6.07) is 8.16. The quantitative estimate of drug-likeness (QED) is 0.821. The van der Waals surface area contributed by atoms with Crippen LogP contribution in [0.15, 0.2) is 24.3 Å². The fraction of sp³-hybridized carbons (Fsp3) is 0.647. The molecule has 1 atom stereocenters. The highest BCUT2D eigenvalue weighted by molar-refractivity contribution is 6.47. The Morgan fingerprint density at radius 2 is 1.82 bits per heavy atom. The van der Waals surface area contributed by atoms with Crippen molar-refractivity contribution in [3.8, 4) is 5.75 Å². The van der Waals surface area contributed by atoms with Gasteiger partial charge in [0.15, 0.2) is 0 Å². The third-order valence-electron chi connectivity index (χ3n) is 4.76. The van der Waals surface area contributed by atoms with Gasteiger partial charge in [-0.3, -0.25) is 0 Å². The van der Waals surface area contributed by atoms with E-state index in [-0.39, 0.29) is 24.3 Å². The van der Waals surface area contributed by atoms with Crippen molar-refractivity contribution in [1.82, 2.24) is 0 Å². The smallest absolute Gasteiger partial charge is 0.475 e. The van der Waals surface area contributed by atoms with E-state index in [9.17, 15) is 0 Å². The molecule has 5 heteroatoms. The van der Waals surface area contributed by atoms with E-state index in [1.807, 2.05) is 12.1 Å². The number of ether oxygens (including phenoxy) is 1. The van der Waals surface area contributed by atoms with E-state index in [1.54, 1.807) is 7.11 Å². The van der Waals surface area contributed by atoms with Crippen LogP contribution in [0.5, 0.6) is 5.75 Å². The topological polar surface area (TPSA) is 53.7 Å². The van der Waals surface area contributed by atoms with Crippen LogP contribution in [-0.2, 0) is 15.7 Å². The van der Waals surface area contributed by atoms with Gasteiger partial charge in [0.2, 0.25) is 0 Å². The fourth-order valence-corrected chi connectivity index (χ4v) is 2.57. The Kier molecular flexibility index (Phi) is 5.20. The molecular formula is C17H28BNO3. The lowest BCUT2D eigenvalue weighted by Crippen LogP contribution is -2.41. The summed E-state index contributed by atoms with van der Waals surface area (Å²) in [5, 5.41) is 0.